The molecule has 82 valence electrons. The highest BCUT2D eigenvalue weighted by atomic mass is 32.2. The van der Waals surface area contributed by atoms with Gasteiger partial charge in [0.2, 0.25) is 0 Å². The van der Waals surface area contributed by atoms with Crippen LogP contribution in [0.3, 0.4) is 0 Å². The first-order chi connectivity index (χ1) is 7.18. The van der Waals surface area contributed by atoms with E-state index in [9.17, 15) is 8.78 Å². The van der Waals surface area contributed by atoms with Gasteiger partial charge in [-0.05, 0) is 19.1 Å². The van der Waals surface area contributed by atoms with Crippen LogP contribution in [0, 0.1) is 18.6 Å². The van der Waals surface area contributed by atoms with Crippen LogP contribution in [-0.4, -0.2) is 24.6 Å². The van der Waals surface area contributed by atoms with Crippen molar-refractivity contribution in [2.24, 2.45) is 0 Å². The molecule has 0 saturated carbocycles. The van der Waals surface area contributed by atoms with Gasteiger partial charge in [0.05, 0.1) is 0 Å². The Morgan fingerprint density at radius 2 is 1.67 bits per heavy atom. The Morgan fingerprint density at radius 3 is 2.20 bits per heavy atom. The van der Waals surface area contributed by atoms with E-state index in [2.05, 4.69) is 0 Å². The molecule has 2 rings (SSSR count). The number of hydrogen-bond acceptors (Lipinski definition) is 2. The first-order valence-corrected chi connectivity index (χ1v) is 6.12. The van der Waals surface area contributed by atoms with Crippen molar-refractivity contribution in [1.29, 1.82) is 0 Å². The maximum Gasteiger partial charge on any atom is 0.131 e. The molecule has 0 aliphatic carbocycles. The molecule has 4 heteroatoms. The monoisotopic (exact) mass is 229 g/mol. The van der Waals surface area contributed by atoms with Gasteiger partial charge < -0.3 is 4.90 Å². The minimum Gasteiger partial charge on any atom is -0.370 e. The molecule has 1 saturated heterocycles. The third-order valence-electron chi connectivity index (χ3n) is 2.64. The van der Waals surface area contributed by atoms with Crippen molar-refractivity contribution >= 4 is 17.4 Å². The van der Waals surface area contributed by atoms with Crippen LogP contribution in [0.1, 0.15) is 5.56 Å². The molecular weight excluding hydrogens is 216 g/mol. The van der Waals surface area contributed by atoms with Gasteiger partial charge in [-0.25, -0.2) is 8.78 Å². The normalized spacial score (nSPS) is 16.9. The van der Waals surface area contributed by atoms with E-state index in [1.165, 1.54) is 19.1 Å². The Labute approximate surface area is 92.5 Å². The van der Waals surface area contributed by atoms with Crippen molar-refractivity contribution in [3.63, 3.8) is 0 Å². The third-order valence-corrected chi connectivity index (χ3v) is 3.58. The van der Waals surface area contributed by atoms with Gasteiger partial charge in [-0.2, -0.15) is 11.8 Å². The van der Waals surface area contributed by atoms with Crippen molar-refractivity contribution in [1.82, 2.24) is 0 Å². The molecule has 0 radical (unpaired) electrons. The average Bonchev–Trinajstić information content (AvgIpc) is 2.26. The highest BCUT2D eigenvalue weighted by Crippen LogP contribution is 2.23. The SMILES string of the molecule is Cc1c(F)cc(N2CCSCC2)cc1F. The van der Waals surface area contributed by atoms with E-state index in [-0.39, 0.29) is 5.56 Å². The van der Waals surface area contributed by atoms with Gasteiger partial charge in [-0.3, -0.25) is 0 Å². The quantitative estimate of drug-likeness (QED) is 0.728. The summed E-state index contributed by atoms with van der Waals surface area (Å²) in [7, 11) is 0. The van der Waals surface area contributed by atoms with Gasteiger partial charge in [-0.15, -0.1) is 0 Å². The van der Waals surface area contributed by atoms with Crippen LogP contribution in [0.2, 0.25) is 0 Å². The van der Waals surface area contributed by atoms with Crippen LogP contribution < -0.4 is 4.90 Å². The molecular formula is C11H13F2NS. The molecule has 0 aromatic heterocycles. The molecule has 1 nitrogen and oxygen atoms in total. The van der Waals surface area contributed by atoms with E-state index >= 15 is 0 Å². The van der Waals surface area contributed by atoms with Crippen molar-refractivity contribution in [3.8, 4) is 0 Å². The Kier molecular flexibility index (Phi) is 3.14. The summed E-state index contributed by atoms with van der Waals surface area (Å²) >= 11 is 1.88. The van der Waals surface area contributed by atoms with E-state index in [0.29, 0.717) is 5.69 Å². The van der Waals surface area contributed by atoms with Crippen molar-refractivity contribution < 1.29 is 8.78 Å². The van der Waals surface area contributed by atoms with Crippen molar-refractivity contribution in [2.75, 3.05) is 29.5 Å². The molecule has 1 aliphatic rings. The summed E-state index contributed by atoms with van der Waals surface area (Å²) in [6.07, 6.45) is 0. The number of thioether (sulfide) groups is 1. The molecule has 1 fully saturated rings. The second kappa shape index (κ2) is 4.39. The minimum absolute atomic E-state index is 0.102. The molecule has 1 aromatic rings. The number of rotatable bonds is 1. The molecule has 0 bridgehead atoms. The fourth-order valence-electron chi connectivity index (χ4n) is 1.64. The Morgan fingerprint density at radius 1 is 1.13 bits per heavy atom. The Balaban J connectivity index is 2.27. The molecule has 0 amide bonds. The van der Waals surface area contributed by atoms with Gasteiger partial charge in [-0.1, -0.05) is 0 Å². The van der Waals surface area contributed by atoms with E-state index in [0.717, 1.165) is 24.6 Å². The number of halogens is 2. The van der Waals surface area contributed by atoms with Gasteiger partial charge in [0.1, 0.15) is 11.6 Å². The van der Waals surface area contributed by atoms with Crippen LogP contribution >= 0.6 is 11.8 Å². The summed E-state index contributed by atoms with van der Waals surface area (Å²) in [6.45, 7) is 3.19. The summed E-state index contributed by atoms with van der Waals surface area (Å²) in [6, 6.07) is 2.85. The summed E-state index contributed by atoms with van der Waals surface area (Å²) in [5.74, 6) is 1.14. The topological polar surface area (TPSA) is 3.24 Å². The van der Waals surface area contributed by atoms with Crippen LogP contribution in [0.15, 0.2) is 12.1 Å². The lowest BCUT2D eigenvalue weighted by molar-refractivity contribution is 0.567. The lowest BCUT2D eigenvalue weighted by Gasteiger charge is -2.28. The van der Waals surface area contributed by atoms with Crippen molar-refractivity contribution in [3.05, 3.63) is 29.3 Å². The highest BCUT2D eigenvalue weighted by Gasteiger charge is 2.14. The van der Waals surface area contributed by atoms with Crippen LogP contribution in [0.25, 0.3) is 0 Å². The van der Waals surface area contributed by atoms with E-state index in [4.69, 9.17) is 0 Å². The average molecular weight is 229 g/mol. The van der Waals surface area contributed by atoms with Gasteiger partial charge in [0, 0.05) is 35.8 Å². The lowest BCUT2D eigenvalue weighted by atomic mass is 10.2. The molecule has 1 aliphatic heterocycles. The molecule has 0 unspecified atom stereocenters. The van der Waals surface area contributed by atoms with Crippen LogP contribution in [-0.2, 0) is 0 Å². The second-order valence-electron chi connectivity index (χ2n) is 3.63. The standard InChI is InChI=1S/C11H13F2NS/c1-8-10(12)6-9(7-11(8)13)14-2-4-15-5-3-14/h6-7H,2-5H2,1H3. The maximum absolute atomic E-state index is 13.3. The first kappa shape index (κ1) is 10.7. The number of hydrogen-bond donors (Lipinski definition) is 0. The van der Waals surface area contributed by atoms with Gasteiger partial charge in [0.15, 0.2) is 0 Å². The second-order valence-corrected chi connectivity index (χ2v) is 4.86. The maximum atomic E-state index is 13.3. The minimum atomic E-state index is -0.455. The number of benzene rings is 1. The van der Waals surface area contributed by atoms with E-state index in [1.807, 2.05) is 16.7 Å². The molecule has 1 aromatic carbocycles. The highest BCUT2D eigenvalue weighted by molar-refractivity contribution is 7.99. The van der Waals surface area contributed by atoms with Crippen LogP contribution in [0.5, 0.6) is 0 Å². The smallest absolute Gasteiger partial charge is 0.131 e. The van der Waals surface area contributed by atoms with Crippen LogP contribution in [0.4, 0.5) is 14.5 Å². The Bertz CT molecular complexity index is 339. The van der Waals surface area contributed by atoms with Gasteiger partial charge >= 0.3 is 0 Å². The summed E-state index contributed by atoms with van der Waals surface area (Å²) in [5, 5.41) is 0. The predicted octanol–water partition coefficient (Wildman–Crippen LogP) is 2.83. The lowest BCUT2D eigenvalue weighted by Crippen LogP contribution is -2.32. The molecule has 0 atom stereocenters. The zero-order chi connectivity index (χ0) is 10.8. The predicted molar refractivity (Wildman–Crippen MR) is 60.6 cm³/mol. The number of anilines is 1. The molecule has 1 heterocycles. The zero-order valence-electron chi connectivity index (χ0n) is 8.59. The summed E-state index contributed by atoms with van der Waals surface area (Å²) in [5.41, 5.74) is 0.765. The third kappa shape index (κ3) is 2.25. The van der Waals surface area contributed by atoms with Gasteiger partial charge in [0.25, 0.3) is 0 Å². The largest absolute Gasteiger partial charge is 0.370 e. The van der Waals surface area contributed by atoms with E-state index < -0.39 is 11.6 Å². The molecule has 0 spiro atoms. The number of nitrogens with zero attached hydrogens (tertiary/aromatic N) is 1. The summed E-state index contributed by atoms with van der Waals surface area (Å²) < 4.78 is 26.6. The first-order valence-electron chi connectivity index (χ1n) is 4.97. The fourth-order valence-corrected chi connectivity index (χ4v) is 2.54. The molecule has 0 N–H and O–H groups in total. The molecule has 15 heavy (non-hydrogen) atoms. The van der Waals surface area contributed by atoms with E-state index in [1.54, 1.807) is 0 Å². The fraction of sp³-hybridized carbons (Fsp3) is 0.455. The zero-order valence-corrected chi connectivity index (χ0v) is 9.41. The Hall–Kier alpha value is -0.770. The summed E-state index contributed by atoms with van der Waals surface area (Å²) in [4.78, 5) is 2.03. The van der Waals surface area contributed by atoms with Crippen molar-refractivity contribution in [2.45, 2.75) is 6.92 Å².